The van der Waals surface area contributed by atoms with Crippen LogP contribution in [0.2, 0.25) is 0 Å². The van der Waals surface area contributed by atoms with Crippen LogP contribution in [0, 0.1) is 0 Å². The zero-order chi connectivity index (χ0) is 13.5. The number of thiazole rings is 1. The molecule has 0 saturated heterocycles. The first kappa shape index (κ1) is 13.7. The minimum absolute atomic E-state index is 0.337. The van der Waals surface area contributed by atoms with Gasteiger partial charge in [0.05, 0.1) is 11.6 Å². The second-order valence-corrected chi connectivity index (χ2v) is 5.15. The molecule has 19 heavy (non-hydrogen) atoms. The van der Waals surface area contributed by atoms with Crippen molar-refractivity contribution in [2.24, 2.45) is 0 Å². The minimum Gasteiger partial charge on any atom is -0.478 e. The Balaban J connectivity index is 1.88. The van der Waals surface area contributed by atoms with Gasteiger partial charge in [0.15, 0.2) is 0 Å². The Labute approximate surface area is 117 Å². The molecule has 0 amide bonds. The van der Waals surface area contributed by atoms with Crippen LogP contribution in [0.3, 0.4) is 0 Å². The van der Waals surface area contributed by atoms with E-state index in [-0.39, 0.29) is 0 Å². The molecule has 1 N–H and O–H groups in total. The van der Waals surface area contributed by atoms with Gasteiger partial charge in [0, 0.05) is 36.3 Å². The van der Waals surface area contributed by atoms with Crippen LogP contribution in [-0.2, 0) is 0 Å². The van der Waals surface area contributed by atoms with Gasteiger partial charge >= 0.3 is 0 Å². The molecule has 0 aliphatic carbocycles. The minimum atomic E-state index is 0.337. The van der Waals surface area contributed by atoms with Crippen LogP contribution in [0.5, 0.6) is 5.88 Å². The molecule has 1 atom stereocenters. The van der Waals surface area contributed by atoms with Crippen molar-refractivity contribution in [3.8, 4) is 5.88 Å². The number of anilines is 1. The Morgan fingerprint density at radius 1 is 1.37 bits per heavy atom. The molecule has 0 saturated carbocycles. The molecule has 0 fully saturated rings. The van der Waals surface area contributed by atoms with Crippen molar-refractivity contribution < 1.29 is 4.74 Å². The molecular formula is C13H18N4OS. The highest BCUT2D eigenvalue weighted by atomic mass is 32.1. The highest BCUT2D eigenvalue weighted by molar-refractivity contribution is 7.09. The lowest BCUT2D eigenvalue weighted by Gasteiger charge is -2.10. The van der Waals surface area contributed by atoms with Crippen LogP contribution < -0.4 is 10.1 Å². The third-order valence-corrected chi connectivity index (χ3v) is 3.53. The maximum absolute atomic E-state index is 5.47. The molecular weight excluding hydrogens is 260 g/mol. The average molecular weight is 278 g/mol. The molecule has 1 unspecified atom stereocenters. The van der Waals surface area contributed by atoms with Gasteiger partial charge in [-0.25, -0.2) is 9.97 Å². The van der Waals surface area contributed by atoms with Crippen molar-refractivity contribution in [1.82, 2.24) is 15.0 Å². The highest BCUT2D eigenvalue weighted by Gasteiger charge is 2.08. The van der Waals surface area contributed by atoms with Gasteiger partial charge in [-0.3, -0.25) is 0 Å². The Hall–Kier alpha value is -1.69. The van der Waals surface area contributed by atoms with E-state index in [0.717, 1.165) is 18.0 Å². The van der Waals surface area contributed by atoms with E-state index >= 15 is 0 Å². The molecule has 6 heteroatoms. The number of rotatable bonds is 7. The van der Waals surface area contributed by atoms with E-state index in [9.17, 15) is 0 Å². The van der Waals surface area contributed by atoms with Crippen molar-refractivity contribution >= 4 is 17.3 Å². The molecule has 0 radical (unpaired) electrons. The van der Waals surface area contributed by atoms with Gasteiger partial charge in [0.2, 0.25) is 11.8 Å². The SMILES string of the molecule is CCCOc1ccnc(NCC(C)c2nccs2)n1. The van der Waals surface area contributed by atoms with E-state index in [2.05, 4.69) is 34.1 Å². The molecule has 0 aromatic carbocycles. The van der Waals surface area contributed by atoms with Gasteiger partial charge in [-0.05, 0) is 6.42 Å². The Morgan fingerprint density at radius 3 is 3.00 bits per heavy atom. The molecule has 0 aliphatic rings. The van der Waals surface area contributed by atoms with E-state index < -0.39 is 0 Å². The molecule has 0 spiro atoms. The van der Waals surface area contributed by atoms with Crippen molar-refractivity contribution in [2.45, 2.75) is 26.2 Å². The largest absolute Gasteiger partial charge is 0.478 e. The monoisotopic (exact) mass is 278 g/mol. The summed E-state index contributed by atoms with van der Waals surface area (Å²) in [5.41, 5.74) is 0. The predicted molar refractivity (Wildman–Crippen MR) is 76.8 cm³/mol. The second kappa shape index (κ2) is 7.04. The first-order chi connectivity index (χ1) is 9.29. The van der Waals surface area contributed by atoms with Gasteiger partial charge in [-0.1, -0.05) is 13.8 Å². The van der Waals surface area contributed by atoms with Crippen LogP contribution in [0.15, 0.2) is 23.8 Å². The fourth-order valence-corrected chi connectivity index (χ4v) is 2.22. The number of aromatic nitrogens is 3. The zero-order valence-corrected chi connectivity index (χ0v) is 12.0. The van der Waals surface area contributed by atoms with Crippen molar-refractivity contribution in [3.05, 3.63) is 28.8 Å². The summed E-state index contributed by atoms with van der Waals surface area (Å²) in [4.78, 5) is 12.8. The fourth-order valence-electron chi connectivity index (χ4n) is 1.52. The molecule has 2 rings (SSSR count). The third kappa shape index (κ3) is 4.17. The Morgan fingerprint density at radius 2 is 2.26 bits per heavy atom. The third-order valence-electron chi connectivity index (χ3n) is 2.52. The summed E-state index contributed by atoms with van der Waals surface area (Å²) in [5.74, 6) is 1.54. The normalized spacial score (nSPS) is 12.1. The van der Waals surface area contributed by atoms with E-state index in [1.165, 1.54) is 0 Å². The molecule has 2 heterocycles. The summed E-state index contributed by atoms with van der Waals surface area (Å²) in [6.45, 7) is 5.62. The maximum atomic E-state index is 5.47. The van der Waals surface area contributed by atoms with Crippen molar-refractivity contribution in [2.75, 3.05) is 18.5 Å². The second-order valence-electron chi connectivity index (χ2n) is 4.22. The summed E-state index contributed by atoms with van der Waals surface area (Å²) < 4.78 is 5.47. The van der Waals surface area contributed by atoms with E-state index in [0.29, 0.717) is 24.4 Å². The molecule has 102 valence electrons. The van der Waals surface area contributed by atoms with Gasteiger partial charge in [0.1, 0.15) is 0 Å². The number of nitrogens with one attached hydrogen (secondary N) is 1. The summed E-state index contributed by atoms with van der Waals surface area (Å²) in [7, 11) is 0. The fraction of sp³-hybridized carbons (Fsp3) is 0.462. The lowest BCUT2D eigenvalue weighted by Crippen LogP contribution is -2.12. The van der Waals surface area contributed by atoms with Crippen LogP contribution in [0.25, 0.3) is 0 Å². The summed E-state index contributed by atoms with van der Waals surface area (Å²) in [6.07, 6.45) is 4.49. The van der Waals surface area contributed by atoms with Gasteiger partial charge in [-0.15, -0.1) is 11.3 Å². The molecule has 2 aromatic rings. The number of nitrogens with zero attached hydrogens (tertiary/aromatic N) is 3. The van der Waals surface area contributed by atoms with Crippen LogP contribution in [-0.4, -0.2) is 28.1 Å². The lowest BCUT2D eigenvalue weighted by molar-refractivity contribution is 0.305. The standard InChI is InChI=1S/C13H18N4OS/c1-3-7-18-11-4-5-15-13(17-11)16-9-10(2)12-14-6-8-19-12/h4-6,8,10H,3,7,9H2,1-2H3,(H,15,16,17). The molecule has 0 bridgehead atoms. The molecule has 5 nitrogen and oxygen atoms in total. The Bertz CT molecular complexity index is 489. The van der Waals surface area contributed by atoms with Gasteiger partial charge in [0.25, 0.3) is 0 Å². The van der Waals surface area contributed by atoms with Gasteiger partial charge in [-0.2, -0.15) is 4.98 Å². The van der Waals surface area contributed by atoms with E-state index in [4.69, 9.17) is 4.74 Å². The smallest absolute Gasteiger partial charge is 0.225 e. The number of hydrogen-bond donors (Lipinski definition) is 1. The average Bonchev–Trinajstić information content (AvgIpc) is 2.97. The van der Waals surface area contributed by atoms with Crippen LogP contribution in [0.4, 0.5) is 5.95 Å². The highest BCUT2D eigenvalue weighted by Crippen LogP contribution is 2.18. The van der Waals surface area contributed by atoms with E-state index in [1.54, 1.807) is 23.6 Å². The summed E-state index contributed by atoms with van der Waals surface area (Å²) in [5, 5.41) is 6.32. The first-order valence-electron chi connectivity index (χ1n) is 6.38. The molecule has 0 aliphatic heterocycles. The number of hydrogen-bond acceptors (Lipinski definition) is 6. The van der Waals surface area contributed by atoms with Gasteiger partial charge < -0.3 is 10.1 Å². The topological polar surface area (TPSA) is 59.9 Å². The Kier molecular flexibility index (Phi) is 5.09. The van der Waals surface area contributed by atoms with Crippen molar-refractivity contribution in [3.63, 3.8) is 0 Å². The molecule has 2 aromatic heterocycles. The van der Waals surface area contributed by atoms with Crippen LogP contribution in [0.1, 0.15) is 31.2 Å². The quantitative estimate of drug-likeness (QED) is 0.843. The first-order valence-corrected chi connectivity index (χ1v) is 7.26. The number of ether oxygens (including phenoxy) is 1. The zero-order valence-electron chi connectivity index (χ0n) is 11.2. The lowest BCUT2D eigenvalue weighted by atomic mass is 10.2. The maximum Gasteiger partial charge on any atom is 0.225 e. The van der Waals surface area contributed by atoms with Crippen molar-refractivity contribution in [1.29, 1.82) is 0 Å². The van der Waals surface area contributed by atoms with Crippen LogP contribution >= 0.6 is 11.3 Å². The summed E-state index contributed by atoms with van der Waals surface area (Å²) >= 11 is 1.66. The summed E-state index contributed by atoms with van der Waals surface area (Å²) in [6, 6.07) is 1.77. The van der Waals surface area contributed by atoms with E-state index in [1.807, 2.05) is 11.6 Å². The predicted octanol–water partition coefficient (Wildman–Crippen LogP) is 2.94.